The molecule has 3 amide bonds. The summed E-state index contributed by atoms with van der Waals surface area (Å²) in [6.07, 6.45) is 0. The number of hydrogen-bond acceptors (Lipinski definition) is 4. The van der Waals surface area contributed by atoms with Gasteiger partial charge in [0, 0.05) is 11.6 Å². The van der Waals surface area contributed by atoms with Gasteiger partial charge in [-0.1, -0.05) is 26.0 Å². The third kappa shape index (κ3) is 3.34. The molecular formula is C19H17N3O3S. The number of rotatable bonds is 3. The smallest absolute Gasteiger partial charge is 0.266 e. The quantitative estimate of drug-likeness (QED) is 0.644. The fourth-order valence-electron chi connectivity index (χ4n) is 2.54. The summed E-state index contributed by atoms with van der Waals surface area (Å²) in [4.78, 5) is 37.7. The summed E-state index contributed by atoms with van der Waals surface area (Å²) < 4.78 is 0. The van der Waals surface area contributed by atoms with Gasteiger partial charge in [-0.3, -0.25) is 14.4 Å². The third-order valence-electron chi connectivity index (χ3n) is 3.94. The molecule has 132 valence electrons. The Kier molecular flexibility index (Phi) is 4.81. The summed E-state index contributed by atoms with van der Waals surface area (Å²) in [6.45, 7) is 3.55. The Morgan fingerprint density at radius 2 is 1.50 bits per heavy atom. The molecule has 26 heavy (non-hydrogen) atoms. The topological polar surface area (TPSA) is 78.5 Å². The van der Waals surface area contributed by atoms with Gasteiger partial charge in [0.25, 0.3) is 11.8 Å². The van der Waals surface area contributed by atoms with E-state index in [1.807, 2.05) is 0 Å². The first-order valence-electron chi connectivity index (χ1n) is 8.08. The van der Waals surface area contributed by atoms with Gasteiger partial charge in [0.15, 0.2) is 5.11 Å². The monoisotopic (exact) mass is 367 g/mol. The largest absolute Gasteiger partial charge is 0.332 e. The minimum Gasteiger partial charge on any atom is -0.332 e. The molecule has 2 aromatic rings. The van der Waals surface area contributed by atoms with Gasteiger partial charge in [-0.25, -0.2) is 4.90 Å². The summed E-state index contributed by atoms with van der Waals surface area (Å²) in [5, 5.41) is 5.67. The zero-order valence-electron chi connectivity index (χ0n) is 14.3. The van der Waals surface area contributed by atoms with Crippen LogP contribution in [0.3, 0.4) is 0 Å². The number of carbonyl (C=O) groups excluding carboxylic acids is 3. The summed E-state index contributed by atoms with van der Waals surface area (Å²) in [5.41, 5.74) is 1.91. The normalized spacial score (nSPS) is 13.0. The first-order valence-corrected chi connectivity index (χ1v) is 8.49. The SMILES string of the molecule is CC(C)C(=O)NC(=S)Nc1ccc(N2C(=O)c3ccccc3C2=O)cc1. The van der Waals surface area contributed by atoms with Crippen molar-refractivity contribution in [2.24, 2.45) is 5.92 Å². The molecule has 6 nitrogen and oxygen atoms in total. The number of carbonyl (C=O) groups is 3. The fraction of sp³-hybridized carbons (Fsp3) is 0.158. The lowest BCUT2D eigenvalue weighted by atomic mass is 10.1. The molecule has 0 atom stereocenters. The molecular weight excluding hydrogens is 350 g/mol. The number of benzene rings is 2. The van der Waals surface area contributed by atoms with E-state index in [0.717, 1.165) is 4.90 Å². The van der Waals surface area contributed by atoms with Crippen LogP contribution >= 0.6 is 12.2 Å². The van der Waals surface area contributed by atoms with Crippen LogP contribution in [0.1, 0.15) is 34.6 Å². The highest BCUT2D eigenvalue weighted by Crippen LogP contribution is 2.28. The van der Waals surface area contributed by atoms with E-state index in [0.29, 0.717) is 22.5 Å². The van der Waals surface area contributed by atoms with Crippen LogP contribution < -0.4 is 15.5 Å². The molecule has 1 heterocycles. The fourth-order valence-corrected chi connectivity index (χ4v) is 2.75. The lowest BCUT2D eigenvalue weighted by Gasteiger charge is -2.15. The molecule has 1 aliphatic rings. The van der Waals surface area contributed by atoms with Crippen LogP contribution in [0, 0.1) is 5.92 Å². The number of amides is 3. The Morgan fingerprint density at radius 1 is 0.962 bits per heavy atom. The van der Waals surface area contributed by atoms with Gasteiger partial charge in [-0.2, -0.15) is 0 Å². The molecule has 0 aromatic heterocycles. The van der Waals surface area contributed by atoms with E-state index in [2.05, 4.69) is 10.6 Å². The van der Waals surface area contributed by atoms with Crippen molar-refractivity contribution in [1.82, 2.24) is 5.32 Å². The molecule has 2 N–H and O–H groups in total. The standard InChI is InChI=1S/C19H17N3O3S/c1-11(2)16(23)21-19(26)20-12-7-9-13(10-8-12)22-17(24)14-5-3-4-6-15(14)18(22)25/h3-11H,1-2H3,(H2,20,21,23,26). The molecule has 0 fully saturated rings. The van der Waals surface area contributed by atoms with Gasteiger partial charge in [0.2, 0.25) is 5.91 Å². The van der Waals surface area contributed by atoms with Gasteiger partial charge in [0.1, 0.15) is 0 Å². The van der Waals surface area contributed by atoms with E-state index in [-0.39, 0.29) is 28.8 Å². The second-order valence-corrected chi connectivity index (χ2v) is 6.54. The maximum atomic E-state index is 12.5. The van der Waals surface area contributed by atoms with Gasteiger partial charge in [0.05, 0.1) is 16.8 Å². The zero-order chi connectivity index (χ0) is 18.8. The second kappa shape index (κ2) is 7.05. The van der Waals surface area contributed by atoms with Crippen molar-refractivity contribution >= 4 is 46.4 Å². The summed E-state index contributed by atoms with van der Waals surface area (Å²) in [6, 6.07) is 13.4. The number of anilines is 2. The molecule has 0 aliphatic carbocycles. The highest BCUT2D eigenvalue weighted by Gasteiger charge is 2.36. The second-order valence-electron chi connectivity index (χ2n) is 6.14. The third-order valence-corrected chi connectivity index (χ3v) is 4.14. The van der Waals surface area contributed by atoms with Crippen LogP contribution in [0.25, 0.3) is 0 Å². The number of imide groups is 1. The summed E-state index contributed by atoms with van der Waals surface area (Å²) in [7, 11) is 0. The van der Waals surface area contributed by atoms with E-state index in [1.54, 1.807) is 62.4 Å². The Balaban J connectivity index is 1.73. The van der Waals surface area contributed by atoms with Crippen LogP contribution in [-0.4, -0.2) is 22.8 Å². The van der Waals surface area contributed by atoms with Gasteiger partial charge in [-0.05, 0) is 48.6 Å². The molecule has 0 radical (unpaired) electrons. The maximum Gasteiger partial charge on any atom is 0.266 e. The average molecular weight is 367 g/mol. The van der Waals surface area contributed by atoms with Crippen molar-refractivity contribution in [2.75, 3.05) is 10.2 Å². The Bertz CT molecular complexity index is 872. The maximum absolute atomic E-state index is 12.5. The molecule has 0 spiro atoms. The number of fused-ring (bicyclic) bond motifs is 1. The number of nitrogens with zero attached hydrogens (tertiary/aromatic N) is 1. The van der Waals surface area contributed by atoms with Crippen molar-refractivity contribution in [3.8, 4) is 0 Å². The van der Waals surface area contributed by atoms with Crippen LogP contribution in [0.15, 0.2) is 48.5 Å². The van der Waals surface area contributed by atoms with E-state index < -0.39 is 0 Å². The van der Waals surface area contributed by atoms with E-state index in [4.69, 9.17) is 12.2 Å². The Morgan fingerprint density at radius 3 is 2.00 bits per heavy atom. The van der Waals surface area contributed by atoms with E-state index in [1.165, 1.54) is 0 Å². The van der Waals surface area contributed by atoms with Crippen LogP contribution in [-0.2, 0) is 4.79 Å². The lowest BCUT2D eigenvalue weighted by molar-refractivity contribution is -0.122. The Hall–Kier alpha value is -3.06. The molecule has 0 unspecified atom stereocenters. The minimum absolute atomic E-state index is 0.175. The molecule has 2 aromatic carbocycles. The van der Waals surface area contributed by atoms with Crippen LogP contribution in [0.2, 0.25) is 0 Å². The van der Waals surface area contributed by atoms with Crippen molar-refractivity contribution in [3.63, 3.8) is 0 Å². The number of hydrogen-bond donors (Lipinski definition) is 2. The minimum atomic E-state index is -0.342. The molecule has 0 bridgehead atoms. The van der Waals surface area contributed by atoms with Gasteiger partial charge in [-0.15, -0.1) is 0 Å². The zero-order valence-corrected chi connectivity index (χ0v) is 15.1. The van der Waals surface area contributed by atoms with Gasteiger partial charge >= 0.3 is 0 Å². The van der Waals surface area contributed by atoms with Crippen molar-refractivity contribution in [1.29, 1.82) is 0 Å². The predicted molar refractivity (Wildman–Crippen MR) is 103 cm³/mol. The van der Waals surface area contributed by atoms with Crippen molar-refractivity contribution in [3.05, 3.63) is 59.7 Å². The summed E-state index contributed by atoms with van der Waals surface area (Å²) >= 11 is 5.09. The molecule has 7 heteroatoms. The van der Waals surface area contributed by atoms with Crippen LogP contribution in [0.4, 0.5) is 11.4 Å². The molecule has 3 rings (SSSR count). The highest BCUT2D eigenvalue weighted by molar-refractivity contribution is 7.80. The average Bonchev–Trinajstić information content (AvgIpc) is 2.87. The lowest BCUT2D eigenvalue weighted by Crippen LogP contribution is -2.36. The first kappa shape index (κ1) is 17.8. The van der Waals surface area contributed by atoms with Crippen molar-refractivity contribution < 1.29 is 14.4 Å². The van der Waals surface area contributed by atoms with E-state index in [9.17, 15) is 14.4 Å². The highest BCUT2D eigenvalue weighted by atomic mass is 32.1. The predicted octanol–water partition coefficient (Wildman–Crippen LogP) is 2.96. The summed E-state index contributed by atoms with van der Waals surface area (Å²) in [5.74, 6) is -1.03. The Labute approximate surface area is 156 Å². The van der Waals surface area contributed by atoms with Gasteiger partial charge < -0.3 is 10.6 Å². The number of nitrogens with one attached hydrogen (secondary N) is 2. The number of thiocarbonyl (C=S) groups is 1. The van der Waals surface area contributed by atoms with E-state index >= 15 is 0 Å². The first-order chi connectivity index (χ1) is 12.4. The molecule has 0 saturated heterocycles. The molecule has 0 saturated carbocycles. The van der Waals surface area contributed by atoms with Crippen molar-refractivity contribution in [2.45, 2.75) is 13.8 Å². The van der Waals surface area contributed by atoms with Crippen LogP contribution in [0.5, 0.6) is 0 Å². The molecule has 1 aliphatic heterocycles.